The molecule has 1 aromatic heterocycles. The standard InChI is InChI=1S/C18H24FN3O3S/c1-25-17(12-14-2-4-16(19)5-3-14)13-26(23,24)22-10-6-15(7-11-22)18-20-8-9-21-18/h2-5,8-9,15,17H,6-7,10-13H2,1H3,(H,20,21)/t17-/m0/s1. The third-order valence-electron chi connectivity index (χ3n) is 4.86. The quantitative estimate of drug-likeness (QED) is 0.799. The van der Waals surface area contributed by atoms with Crippen molar-refractivity contribution < 1.29 is 17.5 Å². The van der Waals surface area contributed by atoms with Crippen LogP contribution < -0.4 is 0 Å². The summed E-state index contributed by atoms with van der Waals surface area (Å²) in [7, 11) is -1.90. The first-order valence-electron chi connectivity index (χ1n) is 8.72. The van der Waals surface area contributed by atoms with Gasteiger partial charge >= 0.3 is 0 Å². The Bertz CT molecular complexity index is 786. The second-order valence-electron chi connectivity index (χ2n) is 6.61. The van der Waals surface area contributed by atoms with Crippen LogP contribution >= 0.6 is 0 Å². The molecule has 0 aliphatic carbocycles. The molecule has 6 nitrogen and oxygen atoms in total. The number of ether oxygens (including phenoxy) is 1. The predicted molar refractivity (Wildman–Crippen MR) is 96.8 cm³/mol. The van der Waals surface area contributed by atoms with Crippen molar-refractivity contribution in [2.45, 2.75) is 31.3 Å². The molecular weight excluding hydrogens is 357 g/mol. The lowest BCUT2D eigenvalue weighted by Gasteiger charge is -2.31. The van der Waals surface area contributed by atoms with E-state index in [-0.39, 0.29) is 17.5 Å². The highest BCUT2D eigenvalue weighted by atomic mass is 32.2. The van der Waals surface area contributed by atoms with Crippen LogP contribution in [0.25, 0.3) is 0 Å². The number of halogens is 1. The Hall–Kier alpha value is -1.77. The minimum atomic E-state index is -3.41. The van der Waals surface area contributed by atoms with Crippen LogP contribution in [0.15, 0.2) is 36.7 Å². The molecule has 0 spiro atoms. The maximum Gasteiger partial charge on any atom is 0.216 e. The van der Waals surface area contributed by atoms with Crippen molar-refractivity contribution in [1.29, 1.82) is 0 Å². The van der Waals surface area contributed by atoms with Gasteiger partial charge in [0.05, 0.1) is 11.9 Å². The van der Waals surface area contributed by atoms with Crippen molar-refractivity contribution in [1.82, 2.24) is 14.3 Å². The number of nitrogens with one attached hydrogen (secondary N) is 1. The van der Waals surface area contributed by atoms with Crippen molar-refractivity contribution >= 4 is 10.0 Å². The molecule has 0 saturated carbocycles. The molecule has 2 heterocycles. The number of rotatable bonds is 7. The van der Waals surface area contributed by atoms with Gasteiger partial charge < -0.3 is 9.72 Å². The summed E-state index contributed by atoms with van der Waals surface area (Å²) in [5, 5.41) is 0. The van der Waals surface area contributed by atoms with Crippen molar-refractivity contribution in [3.8, 4) is 0 Å². The summed E-state index contributed by atoms with van der Waals surface area (Å²) in [6, 6.07) is 6.05. The molecule has 0 radical (unpaired) electrons. The van der Waals surface area contributed by atoms with Crippen LogP contribution in [0.3, 0.4) is 0 Å². The van der Waals surface area contributed by atoms with Gasteiger partial charge in [-0.15, -0.1) is 0 Å². The lowest BCUT2D eigenvalue weighted by atomic mass is 9.98. The van der Waals surface area contributed by atoms with Gasteiger partial charge in [-0.3, -0.25) is 0 Å². The van der Waals surface area contributed by atoms with Crippen molar-refractivity contribution in [3.05, 3.63) is 53.9 Å². The highest BCUT2D eigenvalue weighted by Crippen LogP contribution is 2.27. The number of sulfonamides is 1. The molecule has 1 atom stereocenters. The van der Waals surface area contributed by atoms with Gasteiger partial charge in [0.1, 0.15) is 11.6 Å². The Morgan fingerprint density at radius 1 is 1.31 bits per heavy atom. The fourth-order valence-corrected chi connectivity index (χ4v) is 5.04. The molecule has 26 heavy (non-hydrogen) atoms. The molecule has 8 heteroatoms. The number of hydrogen-bond donors (Lipinski definition) is 1. The second-order valence-corrected chi connectivity index (χ2v) is 8.63. The normalized spacial score (nSPS) is 18.1. The largest absolute Gasteiger partial charge is 0.380 e. The number of methoxy groups -OCH3 is 1. The molecule has 1 aliphatic rings. The zero-order chi connectivity index (χ0) is 18.6. The lowest BCUT2D eigenvalue weighted by molar-refractivity contribution is 0.119. The van der Waals surface area contributed by atoms with E-state index in [1.54, 1.807) is 28.8 Å². The minimum absolute atomic E-state index is 0.0771. The molecule has 2 aromatic rings. The van der Waals surface area contributed by atoms with Crippen molar-refractivity contribution in [3.63, 3.8) is 0 Å². The summed E-state index contributed by atoms with van der Waals surface area (Å²) < 4.78 is 45.4. The van der Waals surface area contributed by atoms with E-state index in [1.807, 2.05) is 0 Å². The monoisotopic (exact) mass is 381 g/mol. The highest BCUT2D eigenvalue weighted by molar-refractivity contribution is 7.89. The Morgan fingerprint density at radius 3 is 2.58 bits per heavy atom. The highest BCUT2D eigenvalue weighted by Gasteiger charge is 2.31. The maximum atomic E-state index is 13.0. The van der Waals surface area contributed by atoms with E-state index in [1.165, 1.54) is 19.2 Å². The maximum absolute atomic E-state index is 13.0. The van der Waals surface area contributed by atoms with Crippen LogP contribution in [0.1, 0.15) is 30.1 Å². The van der Waals surface area contributed by atoms with E-state index >= 15 is 0 Å². The van der Waals surface area contributed by atoms with Gasteiger partial charge in [0.2, 0.25) is 10.0 Å². The first-order valence-corrected chi connectivity index (χ1v) is 10.3. The van der Waals surface area contributed by atoms with Crippen LogP contribution in [0.2, 0.25) is 0 Å². The lowest BCUT2D eigenvalue weighted by Crippen LogP contribution is -2.42. The van der Waals surface area contributed by atoms with E-state index in [2.05, 4.69) is 9.97 Å². The number of imidazole rings is 1. The van der Waals surface area contributed by atoms with Gasteiger partial charge in [0.15, 0.2) is 0 Å². The number of aromatic nitrogens is 2. The fraction of sp³-hybridized carbons (Fsp3) is 0.500. The third kappa shape index (κ3) is 4.69. The molecule has 1 aliphatic heterocycles. The Morgan fingerprint density at radius 2 is 2.00 bits per heavy atom. The van der Waals surface area contributed by atoms with Crippen LogP contribution in [0, 0.1) is 5.82 Å². The number of hydrogen-bond acceptors (Lipinski definition) is 4. The minimum Gasteiger partial charge on any atom is -0.380 e. The van der Waals surface area contributed by atoms with E-state index in [4.69, 9.17) is 4.74 Å². The zero-order valence-corrected chi connectivity index (χ0v) is 15.6. The van der Waals surface area contributed by atoms with Crippen LogP contribution in [-0.2, 0) is 21.2 Å². The predicted octanol–water partition coefficient (Wildman–Crippen LogP) is 2.32. The number of benzene rings is 1. The van der Waals surface area contributed by atoms with Crippen molar-refractivity contribution in [2.24, 2.45) is 0 Å². The Kier molecular flexibility index (Phi) is 6.05. The first-order chi connectivity index (χ1) is 12.5. The SMILES string of the molecule is CO[C@@H](Cc1ccc(F)cc1)CS(=O)(=O)N1CCC(c2ncc[nH]2)CC1. The van der Waals surface area contributed by atoms with Crippen LogP contribution in [0.4, 0.5) is 4.39 Å². The van der Waals surface area contributed by atoms with E-state index in [0.717, 1.165) is 24.2 Å². The van der Waals surface area contributed by atoms with Gasteiger partial charge in [-0.25, -0.2) is 22.1 Å². The average Bonchev–Trinajstić information content (AvgIpc) is 3.17. The third-order valence-corrected chi connectivity index (χ3v) is 6.80. The van der Waals surface area contributed by atoms with Gasteiger partial charge in [-0.1, -0.05) is 12.1 Å². The summed E-state index contributed by atoms with van der Waals surface area (Å²) in [6.45, 7) is 0.974. The van der Waals surface area contributed by atoms with Gasteiger partial charge in [0, 0.05) is 38.5 Å². The number of H-pyrrole nitrogens is 1. The number of piperidine rings is 1. The Balaban J connectivity index is 1.58. The molecule has 0 amide bonds. The van der Waals surface area contributed by atoms with E-state index in [9.17, 15) is 12.8 Å². The van der Waals surface area contributed by atoms with Gasteiger partial charge in [-0.2, -0.15) is 0 Å². The summed E-state index contributed by atoms with van der Waals surface area (Å²) in [5.41, 5.74) is 0.852. The van der Waals surface area contributed by atoms with Crippen LogP contribution in [-0.4, -0.2) is 54.7 Å². The fourth-order valence-electron chi connectivity index (χ4n) is 3.34. The van der Waals surface area contributed by atoms with E-state index < -0.39 is 16.1 Å². The molecule has 1 N–H and O–H groups in total. The molecule has 3 rings (SSSR count). The molecule has 0 bridgehead atoms. The Labute approximate surface area is 153 Å². The summed E-state index contributed by atoms with van der Waals surface area (Å²) in [4.78, 5) is 7.38. The second kappa shape index (κ2) is 8.28. The molecule has 142 valence electrons. The summed E-state index contributed by atoms with van der Waals surface area (Å²) in [6.07, 6.45) is 4.98. The van der Waals surface area contributed by atoms with Gasteiger partial charge in [0.25, 0.3) is 0 Å². The number of aromatic amines is 1. The number of nitrogens with zero attached hydrogens (tertiary/aromatic N) is 2. The molecule has 1 fully saturated rings. The molecular formula is C18H24FN3O3S. The molecule has 1 saturated heterocycles. The van der Waals surface area contributed by atoms with Crippen molar-refractivity contribution in [2.75, 3.05) is 26.0 Å². The smallest absolute Gasteiger partial charge is 0.216 e. The zero-order valence-electron chi connectivity index (χ0n) is 14.8. The summed E-state index contributed by atoms with van der Waals surface area (Å²) >= 11 is 0. The van der Waals surface area contributed by atoms with Gasteiger partial charge in [-0.05, 0) is 37.0 Å². The first kappa shape index (κ1) is 19.0. The van der Waals surface area contributed by atoms with Crippen LogP contribution in [0.5, 0.6) is 0 Å². The summed E-state index contributed by atoms with van der Waals surface area (Å²) in [5.74, 6) is 0.809. The molecule has 1 aromatic carbocycles. The van der Waals surface area contributed by atoms with E-state index in [0.29, 0.717) is 19.5 Å². The average molecular weight is 381 g/mol. The molecule has 0 unspecified atom stereocenters. The topological polar surface area (TPSA) is 75.3 Å².